The summed E-state index contributed by atoms with van der Waals surface area (Å²) in [4.78, 5) is 27.7. The molecular formula is C28H24F3NO6. The number of methoxy groups -OCH3 is 3. The van der Waals surface area contributed by atoms with E-state index in [2.05, 4.69) is 0 Å². The van der Waals surface area contributed by atoms with Gasteiger partial charge < -0.3 is 24.2 Å². The monoisotopic (exact) mass is 527 g/mol. The van der Waals surface area contributed by atoms with E-state index in [1.165, 1.54) is 45.6 Å². The number of aliphatic hydroxyl groups excluding tert-OH is 1. The molecule has 1 unspecified atom stereocenters. The Morgan fingerprint density at radius 2 is 1.55 bits per heavy atom. The first-order valence-electron chi connectivity index (χ1n) is 11.4. The number of likely N-dealkylation sites (tertiary alicyclic amines) is 1. The van der Waals surface area contributed by atoms with Gasteiger partial charge in [0, 0.05) is 6.54 Å². The molecule has 0 bridgehead atoms. The number of carbonyl (C=O) groups is 2. The second kappa shape index (κ2) is 10.5. The number of amides is 1. The van der Waals surface area contributed by atoms with Crippen LogP contribution in [0.4, 0.5) is 13.2 Å². The van der Waals surface area contributed by atoms with Crippen LogP contribution in [0.1, 0.15) is 28.3 Å². The van der Waals surface area contributed by atoms with Crippen molar-refractivity contribution in [2.75, 3.05) is 21.3 Å². The van der Waals surface area contributed by atoms with Gasteiger partial charge in [-0.2, -0.15) is 13.2 Å². The molecule has 0 aromatic heterocycles. The van der Waals surface area contributed by atoms with Crippen molar-refractivity contribution in [2.45, 2.75) is 18.8 Å². The normalized spacial score (nSPS) is 17.0. The molecule has 38 heavy (non-hydrogen) atoms. The zero-order valence-corrected chi connectivity index (χ0v) is 20.7. The number of hydrogen-bond donors (Lipinski definition) is 1. The highest BCUT2D eigenvalue weighted by atomic mass is 19.4. The highest BCUT2D eigenvalue weighted by Gasteiger charge is 2.46. The first-order valence-corrected chi connectivity index (χ1v) is 11.4. The second-order valence-corrected chi connectivity index (χ2v) is 8.46. The zero-order valence-electron chi connectivity index (χ0n) is 20.7. The van der Waals surface area contributed by atoms with Gasteiger partial charge in [-0.25, -0.2) is 0 Å². The first kappa shape index (κ1) is 26.6. The molecule has 0 aliphatic carbocycles. The van der Waals surface area contributed by atoms with E-state index in [4.69, 9.17) is 14.2 Å². The molecule has 0 radical (unpaired) electrons. The van der Waals surface area contributed by atoms with Crippen LogP contribution < -0.4 is 14.2 Å². The van der Waals surface area contributed by atoms with Gasteiger partial charge in [-0.3, -0.25) is 9.59 Å². The van der Waals surface area contributed by atoms with Gasteiger partial charge in [-0.15, -0.1) is 0 Å². The van der Waals surface area contributed by atoms with Crippen LogP contribution in [0.2, 0.25) is 0 Å². The van der Waals surface area contributed by atoms with Gasteiger partial charge in [0.25, 0.3) is 11.7 Å². The summed E-state index contributed by atoms with van der Waals surface area (Å²) >= 11 is 0. The molecule has 1 heterocycles. The molecule has 1 fully saturated rings. The molecule has 0 spiro atoms. The van der Waals surface area contributed by atoms with Crippen molar-refractivity contribution in [3.8, 4) is 17.2 Å². The first-order chi connectivity index (χ1) is 18.1. The molecule has 10 heteroatoms. The van der Waals surface area contributed by atoms with Crippen LogP contribution in [0.15, 0.2) is 72.3 Å². The molecule has 1 aliphatic heterocycles. The number of alkyl halides is 3. The number of halogens is 3. The lowest BCUT2D eigenvalue weighted by atomic mass is 9.94. The van der Waals surface area contributed by atoms with E-state index in [-0.39, 0.29) is 29.0 Å². The minimum atomic E-state index is -4.58. The third-order valence-electron chi connectivity index (χ3n) is 6.24. The molecular weight excluding hydrogens is 503 g/mol. The molecule has 1 aliphatic rings. The fourth-order valence-electron chi connectivity index (χ4n) is 4.36. The van der Waals surface area contributed by atoms with Gasteiger partial charge >= 0.3 is 6.18 Å². The number of hydrogen-bond acceptors (Lipinski definition) is 6. The highest BCUT2D eigenvalue weighted by molar-refractivity contribution is 6.46. The topological polar surface area (TPSA) is 85.3 Å². The highest BCUT2D eigenvalue weighted by Crippen LogP contribution is 2.43. The lowest BCUT2D eigenvalue weighted by Gasteiger charge is -2.26. The quantitative estimate of drug-likeness (QED) is 0.253. The van der Waals surface area contributed by atoms with Gasteiger partial charge in [0.2, 0.25) is 0 Å². The molecule has 1 N–H and O–H groups in total. The molecule has 1 saturated heterocycles. The molecule has 4 rings (SSSR count). The third kappa shape index (κ3) is 5.02. The van der Waals surface area contributed by atoms with Crippen LogP contribution in [0.3, 0.4) is 0 Å². The number of ether oxygens (including phenoxy) is 3. The Labute approximate surface area is 216 Å². The molecule has 7 nitrogen and oxygen atoms in total. The van der Waals surface area contributed by atoms with Crippen molar-refractivity contribution < 1.29 is 42.1 Å². The van der Waals surface area contributed by atoms with Gasteiger partial charge in [0.15, 0.2) is 0 Å². The molecule has 1 amide bonds. The molecule has 3 aromatic rings. The Balaban J connectivity index is 1.89. The van der Waals surface area contributed by atoms with E-state index < -0.39 is 35.2 Å². The van der Waals surface area contributed by atoms with Crippen LogP contribution >= 0.6 is 0 Å². The summed E-state index contributed by atoms with van der Waals surface area (Å²) < 4.78 is 55.7. The number of benzene rings is 3. The van der Waals surface area contributed by atoms with Gasteiger partial charge in [-0.1, -0.05) is 24.3 Å². The van der Waals surface area contributed by atoms with Crippen LogP contribution in [-0.4, -0.2) is 43.0 Å². The Morgan fingerprint density at radius 3 is 2.16 bits per heavy atom. The average molecular weight is 527 g/mol. The lowest BCUT2D eigenvalue weighted by molar-refractivity contribution is -0.140. The van der Waals surface area contributed by atoms with E-state index >= 15 is 0 Å². The Kier molecular flexibility index (Phi) is 7.34. The van der Waals surface area contributed by atoms with Crippen LogP contribution in [0, 0.1) is 0 Å². The largest absolute Gasteiger partial charge is 0.507 e. The minimum Gasteiger partial charge on any atom is -0.507 e. The van der Waals surface area contributed by atoms with Crippen molar-refractivity contribution in [3.05, 3.63) is 94.6 Å². The van der Waals surface area contributed by atoms with E-state index in [0.29, 0.717) is 17.1 Å². The SMILES string of the molecule is COc1ccc(C2/C(=C(\O)c3cc(OC)ccc3OC)C(=O)C(=O)N2Cc2cccc(C(F)(F)F)c2)cc1. The van der Waals surface area contributed by atoms with E-state index in [9.17, 15) is 27.9 Å². The molecule has 3 aromatic carbocycles. The van der Waals surface area contributed by atoms with Gasteiger partial charge in [-0.05, 0) is 53.6 Å². The summed E-state index contributed by atoms with van der Waals surface area (Å²) in [6.45, 7) is -0.308. The number of Topliss-reactive ketones (excluding diaryl/α,β-unsaturated/α-hetero) is 1. The number of carbonyl (C=O) groups excluding carboxylic acids is 2. The number of rotatable bonds is 7. The van der Waals surface area contributed by atoms with Crippen LogP contribution in [-0.2, 0) is 22.3 Å². The molecule has 198 valence electrons. The number of aliphatic hydroxyl groups is 1. The fourth-order valence-corrected chi connectivity index (χ4v) is 4.36. The number of ketones is 1. The fraction of sp³-hybridized carbons (Fsp3) is 0.214. The Morgan fingerprint density at radius 1 is 0.895 bits per heavy atom. The van der Waals surface area contributed by atoms with Crippen LogP contribution in [0.25, 0.3) is 5.76 Å². The smallest absolute Gasteiger partial charge is 0.416 e. The Bertz CT molecular complexity index is 1400. The van der Waals surface area contributed by atoms with Crippen molar-refractivity contribution in [1.82, 2.24) is 4.90 Å². The molecule has 0 saturated carbocycles. The predicted molar refractivity (Wildman–Crippen MR) is 132 cm³/mol. The minimum absolute atomic E-state index is 0.113. The number of nitrogens with zero attached hydrogens (tertiary/aromatic N) is 1. The summed E-state index contributed by atoms with van der Waals surface area (Å²) in [5.74, 6) is -1.36. The van der Waals surface area contributed by atoms with Gasteiger partial charge in [0.05, 0.1) is 44.1 Å². The maximum Gasteiger partial charge on any atom is 0.416 e. The average Bonchev–Trinajstić information content (AvgIpc) is 3.16. The standard InChI is InChI=1S/C28H24F3NO6/c1-36-19-9-7-17(8-10-19)24-23(25(33)21-14-20(37-2)11-12-22(21)38-3)26(34)27(35)32(24)15-16-5-4-6-18(13-16)28(29,30)31/h4-14,24,33H,15H2,1-3H3/b25-23+. The van der Waals surface area contributed by atoms with E-state index in [1.807, 2.05) is 0 Å². The van der Waals surface area contributed by atoms with E-state index in [1.54, 1.807) is 30.3 Å². The van der Waals surface area contributed by atoms with Gasteiger partial charge in [0.1, 0.15) is 23.0 Å². The van der Waals surface area contributed by atoms with Crippen LogP contribution in [0.5, 0.6) is 17.2 Å². The maximum atomic E-state index is 13.3. The van der Waals surface area contributed by atoms with Crippen molar-refractivity contribution in [1.29, 1.82) is 0 Å². The summed E-state index contributed by atoms with van der Waals surface area (Å²) in [7, 11) is 4.28. The van der Waals surface area contributed by atoms with Crippen molar-refractivity contribution in [3.63, 3.8) is 0 Å². The summed E-state index contributed by atoms with van der Waals surface area (Å²) in [6.07, 6.45) is -4.58. The summed E-state index contributed by atoms with van der Waals surface area (Å²) in [5.41, 5.74) is -0.394. The maximum absolute atomic E-state index is 13.3. The van der Waals surface area contributed by atoms with E-state index in [0.717, 1.165) is 17.0 Å². The van der Waals surface area contributed by atoms with Crippen molar-refractivity contribution in [2.24, 2.45) is 0 Å². The second-order valence-electron chi connectivity index (χ2n) is 8.46. The zero-order chi connectivity index (χ0) is 27.6. The Hall–Kier alpha value is -4.47. The summed E-state index contributed by atoms with van der Waals surface area (Å²) in [6, 6.07) is 14.5. The lowest BCUT2D eigenvalue weighted by Crippen LogP contribution is -2.29. The predicted octanol–water partition coefficient (Wildman–Crippen LogP) is 5.35. The van der Waals surface area contributed by atoms with Crippen molar-refractivity contribution >= 4 is 17.4 Å². The summed E-state index contributed by atoms with van der Waals surface area (Å²) in [5, 5.41) is 11.4. The molecule has 1 atom stereocenters. The third-order valence-corrected chi connectivity index (χ3v) is 6.24.